The summed E-state index contributed by atoms with van der Waals surface area (Å²) in [5.74, 6) is 0.500. The van der Waals surface area contributed by atoms with Gasteiger partial charge in [0.25, 0.3) is 5.56 Å². The van der Waals surface area contributed by atoms with E-state index in [-0.39, 0.29) is 22.5 Å². The lowest BCUT2D eigenvalue weighted by Crippen LogP contribution is -2.45. The molecule has 1 heterocycles. The van der Waals surface area contributed by atoms with Crippen molar-refractivity contribution in [1.82, 2.24) is 9.55 Å². The van der Waals surface area contributed by atoms with E-state index in [4.69, 9.17) is 11.6 Å². The van der Waals surface area contributed by atoms with Crippen molar-refractivity contribution in [1.29, 1.82) is 0 Å². The van der Waals surface area contributed by atoms with Gasteiger partial charge in [0.15, 0.2) is 5.82 Å². The molecule has 112 valence electrons. The van der Waals surface area contributed by atoms with Crippen LogP contribution in [0, 0.1) is 0 Å². The van der Waals surface area contributed by atoms with Crippen LogP contribution in [0.2, 0.25) is 0 Å². The van der Waals surface area contributed by atoms with Gasteiger partial charge in [-0.15, -0.1) is 11.6 Å². The van der Waals surface area contributed by atoms with Crippen LogP contribution in [0.3, 0.4) is 0 Å². The van der Waals surface area contributed by atoms with Crippen molar-refractivity contribution in [3.8, 4) is 0 Å². The molecule has 5 heteroatoms. The maximum absolute atomic E-state index is 12.6. The second kappa shape index (κ2) is 5.76. The summed E-state index contributed by atoms with van der Waals surface area (Å²) in [5, 5.41) is 0.0956. The van der Waals surface area contributed by atoms with Crippen molar-refractivity contribution >= 4 is 17.4 Å². The van der Waals surface area contributed by atoms with E-state index in [9.17, 15) is 4.79 Å². The van der Waals surface area contributed by atoms with Crippen LogP contribution in [0.15, 0.2) is 17.2 Å². The van der Waals surface area contributed by atoms with Gasteiger partial charge in [0.1, 0.15) is 0 Å². The van der Waals surface area contributed by atoms with Crippen molar-refractivity contribution in [2.75, 3.05) is 11.9 Å². The van der Waals surface area contributed by atoms with Crippen molar-refractivity contribution in [3.63, 3.8) is 0 Å². The van der Waals surface area contributed by atoms with Crippen LogP contribution in [0.1, 0.15) is 46.5 Å². The predicted octanol–water partition coefficient (Wildman–Crippen LogP) is 2.98. The summed E-state index contributed by atoms with van der Waals surface area (Å²) in [7, 11) is 1.93. The molecule has 0 spiro atoms. The number of rotatable bonds is 2. The fraction of sp³-hybridized carbons (Fsp3) is 0.733. The van der Waals surface area contributed by atoms with Gasteiger partial charge in [0.05, 0.1) is 5.38 Å². The summed E-state index contributed by atoms with van der Waals surface area (Å²) < 4.78 is 1.73. The quantitative estimate of drug-likeness (QED) is 0.788. The Labute approximate surface area is 125 Å². The number of alkyl halides is 1. The minimum Gasteiger partial charge on any atom is -0.351 e. The van der Waals surface area contributed by atoms with Gasteiger partial charge in [-0.1, -0.05) is 12.8 Å². The van der Waals surface area contributed by atoms with Crippen LogP contribution in [0.4, 0.5) is 5.82 Å². The second-order valence-electron chi connectivity index (χ2n) is 6.58. The van der Waals surface area contributed by atoms with E-state index in [1.807, 2.05) is 32.7 Å². The Morgan fingerprint density at radius 2 is 2.00 bits per heavy atom. The summed E-state index contributed by atoms with van der Waals surface area (Å²) in [6, 6.07) is 0.196. The zero-order chi connectivity index (χ0) is 14.9. The van der Waals surface area contributed by atoms with Gasteiger partial charge in [0.2, 0.25) is 0 Å². The van der Waals surface area contributed by atoms with E-state index in [0.29, 0.717) is 5.82 Å². The molecule has 2 atom stereocenters. The molecule has 4 nitrogen and oxygen atoms in total. The lowest BCUT2D eigenvalue weighted by molar-refractivity contribution is 0.379. The highest BCUT2D eigenvalue weighted by Crippen LogP contribution is 2.28. The van der Waals surface area contributed by atoms with Gasteiger partial charge in [-0.3, -0.25) is 4.79 Å². The summed E-state index contributed by atoms with van der Waals surface area (Å²) in [4.78, 5) is 18.9. The molecule has 1 aliphatic rings. The average Bonchev–Trinajstić information content (AvgIpc) is 2.37. The van der Waals surface area contributed by atoms with Gasteiger partial charge in [-0.05, 0) is 33.6 Å². The predicted molar refractivity (Wildman–Crippen MR) is 83.8 cm³/mol. The Kier molecular flexibility index (Phi) is 4.43. The van der Waals surface area contributed by atoms with Gasteiger partial charge in [-0.2, -0.15) is 0 Å². The smallest absolute Gasteiger partial charge is 0.293 e. The molecule has 0 aromatic carbocycles. The lowest BCUT2D eigenvalue weighted by atomic mass is 9.94. The molecule has 0 aliphatic heterocycles. The van der Waals surface area contributed by atoms with Crippen LogP contribution in [0.25, 0.3) is 0 Å². The molecule has 1 aromatic heterocycles. The van der Waals surface area contributed by atoms with Crippen molar-refractivity contribution in [3.05, 3.63) is 22.7 Å². The Balaban J connectivity index is 2.35. The lowest BCUT2D eigenvalue weighted by Gasteiger charge is -2.35. The molecule has 0 amide bonds. The maximum atomic E-state index is 12.6. The number of nitrogens with zero attached hydrogens (tertiary/aromatic N) is 3. The molecule has 0 saturated heterocycles. The zero-order valence-corrected chi connectivity index (χ0v) is 13.5. The number of hydrogen-bond acceptors (Lipinski definition) is 3. The van der Waals surface area contributed by atoms with Crippen molar-refractivity contribution in [2.24, 2.45) is 0 Å². The third-order valence-corrected chi connectivity index (χ3v) is 4.53. The number of anilines is 1. The van der Waals surface area contributed by atoms with E-state index < -0.39 is 0 Å². The third kappa shape index (κ3) is 3.00. The minimum absolute atomic E-state index is 0.0445. The summed E-state index contributed by atoms with van der Waals surface area (Å²) in [6.07, 6.45) is 7.82. The molecule has 20 heavy (non-hydrogen) atoms. The topological polar surface area (TPSA) is 38.1 Å². The SMILES string of the molecule is CN(c1nccn(C(C)(C)C)c1=O)C1CCCCC1Cl. The average molecular weight is 298 g/mol. The standard InChI is InChI=1S/C15H24ClN3O/c1-15(2,3)19-10-9-17-13(14(19)20)18(4)12-8-6-5-7-11(12)16/h9-12H,5-8H2,1-4H3. The molecular weight excluding hydrogens is 274 g/mol. The number of aromatic nitrogens is 2. The highest BCUT2D eigenvalue weighted by Gasteiger charge is 2.29. The Morgan fingerprint density at radius 3 is 2.60 bits per heavy atom. The fourth-order valence-electron chi connectivity index (χ4n) is 2.83. The van der Waals surface area contributed by atoms with Crippen molar-refractivity contribution in [2.45, 2.75) is 63.4 Å². The summed E-state index contributed by atoms with van der Waals surface area (Å²) in [5.41, 5.74) is -0.292. The van der Waals surface area contributed by atoms with Crippen molar-refractivity contribution < 1.29 is 0 Å². The van der Waals surface area contributed by atoms with E-state index in [2.05, 4.69) is 4.98 Å². The van der Waals surface area contributed by atoms with Gasteiger partial charge < -0.3 is 9.47 Å². The Bertz CT molecular complexity index is 521. The maximum Gasteiger partial charge on any atom is 0.293 e. The first-order valence-corrected chi connectivity index (χ1v) is 7.71. The van der Waals surface area contributed by atoms with Crippen LogP contribution in [-0.4, -0.2) is 28.0 Å². The summed E-state index contributed by atoms with van der Waals surface area (Å²) in [6.45, 7) is 6.05. The molecule has 1 saturated carbocycles. The molecular formula is C15H24ClN3O. The van der Waals surface area contributed by atoms with Gasteiger partial charge in [0, 0.05) is 31.0 Å². The fourth-order valence-corrected chi connectivity index (χ4v) is 3.28. The van der Waals surface area contributed by atoms with E-state index >= 15 is 0 Å². The first-order chi connectivity index (χ1) is 9.32. The third-order valence-electron chi connectivity index (χ3n) is 4.02. The molecule has 1 fully saturated rings. The highest BCUT2D eigenvalue weighted by molar-refractivity contribution is 6.21. The van der Waals surface area contributed by atoms with Crippen LogP contribution < -0.4 is 10.5 Å². The zero-order valence-electron chi connectivity index (χ0n) is 12.8. The van der Waals surface area contributed by atoms with Crippen LogP contribution in [-0.2, 0) is 5.54 Å². The second-order valence-corrected chi connectivity index (χ2v) is 7.14. The van der Waals surface area contributed by atoms with Gasteiger partial charge in [-0.25, -0.2) is 4.98 Å². The van der Waals surface area contributed by atoms with E-state index in [1.165, 1.54) is 12.8 Å². The number of halogens is 1. The van der Waals surface area contributed by atoms with E-state index in [0.717, 1.165) is 12.8 Å². The van der Waals surface area contributed by atoms with Crippen LogP contribution in [0.5, 0.6) is 0 Å². The molecule has 0 bridgehead atoms. The van der Waals surface area contributed by atoms with Crippen LogP contribution >= 0.6 is 11.6 Å². The molecule has 0 radical (unpaired) electrons. The molecule has 2 unspecified atom stereocenters. The Hall–Kier alpha value is -1.03. The molecule has 0 N–H and O–H groups in total. The van der Waals surface area contributed by atoms with E-state index in [1.54, 1.807) is 17.0 Å². The summed E-state index contributed by atoms with van der Waals surface area (Å²) >= 11 is 6.43. The highest BCUT2D eigenvalue weighted by atomic mass is 35.5. The molecule has 2 rings (SSSR count). The largest absolute Gasteiger partial charge is 0.351 e. The first-order valence-electron chi connectivity index (χ1n) is 7.27. The first kappa shape index (κ1) is 15.4. The number of hydrogen-bond donors (Lipinski definition) is 0. The normalized spacial score (nSPS) is 23.6. The van der Waals surface area contributed by atoms with Gasteiger partial charge >= 0.3 is 0 Å². The monoisotopic (exact) mass is 297 g/mol. The Morgan fingerprint density at radius 1 is 1.35 bits per heavy atom. The molecule has 1 aromatic rings. The molecule has 1 aliphatic carbocycles. The minimum atomic E-state index is -0.247.